The van der Waals surface area contributed by atoms with Gasteiger partial charge in [0.25, 0.3) is 0 Å². The van der Waals surface area contributed by atoms with Gasteiger partial charge in [-0.05, 0) is 218 Å². The second-order valence-corrected chi connectivity index (χ2v) is 26.7. The van der Waals surface area contributed by atoms with Crippen LogP contribution in [0.3, 0.4) is 0 Å². The molecule has 9 aliphatic carbocycles. The van der Waals surface area contributed by atoms with Crippen molar-refractivity contribution < 1.29 is 15.1 Å². The summed E-state index contributed by atoms with van der Waals surface area (Å²) in [6, 6.07) is 67.0. The topological polar surface area (TPSA) is 11.6 Å². The minimum atomic E-state index is -0.362. The molecule has 3 nitrogen and oxygen atoms in total. The molecule has 9 aromatic rings. The standard InChI is InChI=1S/3C27H30N/c1-19-6-3-4-9-25(19)27-15-14-24(18-28(27)2)22-7-5-8-23(17-22)26-16-20-10-12-21(26)13-11-20;2*1-19-5-3-4-6-25(19)27-16-15-24(18-28(27)2)21-11-13-23(14-12-21)26-17-20-7-9-22(26)10-8-20/h3-9,14-15,17-18,20-21,26H,10-13,16H2,1-2H3;2*3-6,11-16,18,20,22,26H,7-10,17H2,1-2H3/q3*+1/i;26D;. The fourth-order valence-electron chi connectivity index (χ4n) is 16.6. The summed E-state index contributed by atoms with van der Waals surface area (Å²) in [6.45, 7) is 6.53. The first-order valence-electron chi connectivity index (χ1n) is 32.9. The normalized spacial score (nSPS) is 24.8. The summed E-state index contributed by atoms with van der Waals surface area (Å²) in [4.78, 5) is 0. The average molecular weight is 1110 g/mol. The van der Waals surface area contributed by atoms with E-state index < -0.39 is 0 Å². The van der Waals surface area contributed by atoms with E-state index in [0.717, 1.165) is 47.8 Å². The van der Waals surface area contributed by atoms with Gasteiger partial charge in [0.2, 0.25) is 17.1 Å². The van der Waals surface area contributed by atoms with E-state index in [1.54, 1.807) is 11.1 Å². The van der Waals surface area contributed by atoms with Crippen molar-refractivity contribution in [1.82, 2.24) is 0 Å². The van der Waals surface area contributed by atoms with Crippen LogP contribution >= 0.6 is 0 Å². The van der Waals surface area contributed by atoms with Crippen LogP contribution in [0.1, 0.15) is 149 Å². The van der Waals surface area contributed by atoms with E-state index in [0.29, 0.717) is 5.92 Å². The summed E-state index contributed by atoms with van der Waals surface area (Å²) in [5.74, 6) is 6.36. The van der Waals surface area contributed by atoms with Gasteiger partial charge in [-0.25, -0.2) is 13.7 Å². The van der Waals surface area contributed by atoms with Gasteiger partial charge in [-0.1, -0.05) is 166 Å². The summed E-state index contributed by atoms with van der Waals surface area (Å²) in [7, 11) is 6.44. The molecule has 3 unspecified atom stereocenters. The molecule has 3 atom stereocenters. The Bertz CT molecular complexity index is 3800. The first-order valence-corrected chi connectivity index (χ1v) is 32.4. The van der Waals surface area contributed by atoms with Gasteiger partial charge in [-0.3, -0.25) is 0 Å². The van der Waals surface area contributed by atoms with Crippen molar-refractivity contribution in [2.45, 2.75) is 135 Å². The maximum atomic E-state index is 9.20. The number of aryl methyl sites for hydroxylation is 6. The maximum Gasteiger partial charge on any atom is 0.212 e. The van der Waals surface area contributed by atoms with Crippen molar-refractivity contribution in [2.24, 2.45) is 56.7 Å². The van der Waals surface area contributed by atoms with E-state index in [4.69, 9.17) is 0 Å². The molecule has 9 fully saturated rings. The number of pyridine rings is 3. The van der Waals surface area contributed by atoms with Crippen molar-refractivity contribution in [2.75, 3.05) is 0 Å². The highest BCUT2D eigenvalue weighted by Gasteiger charge is 2.38. The quantitative estimate of drug-likeness (QED) is 0.128. The van der Waals surface area contributed by atoms with Gasteiger partial charge in [0.15, 0.2) is 18.6 Å². The Morgan fingerprint density at radius 2 is 0.667 bits per heavy atom. The lowest BCUT2D eigenvalue weighted by Gasteiger charge is -2.42. The zero-order valence-corrected chi connectivity index (χ0v) is 51.1. The number of hydrogen-bond donors (Lipinski definition) is 0. The van der Waals surface area contributed by atoms with Crippen LogP contribution in [0, 0.1) is 56.3 Å². The predicted molar refractivity (Wildman–Crippen MR) is 348 cm³/mol. The molecule has 0 spiro atoms. The zero-order chi connectivity index (χ0) is 58.2. The van der Waals surface area contributed by atoms with Crippen LogP contribution in [0.5, 0.6) is 0 Å². The van der Waals surface area contributed by atoms with Gasteiger partial charge in [-0.2, -0.15) is 0 Å². The molecule has 6 aromatic carbocycles. The monoisotopic (exact) mass is 1110 g/mol. The highest BCUT2D eigenvalue weighted by Crippen LogP contribution is 2.52. The van der Waals surface area contributed by atoms with E-state index in [2.05, 4.69) is 256 Å². The lowest BCUT2D eigenvalue weighted by molar-refractivity contribution is -0.660. The van der Waals surface area contributed by atoms with Crippen molar-refractivity contribution in [3.8, 4) is 67.2 Å². The highest BCUT2D eigenvalue weighted by atomic mass is 14.9. The Labute approximate surface area is 505 Å². The average Bonchev–Trinajstić information content (AvgIpc) is 3.03. The van der Waals surface area contributed by atoms with Gasteiger partial charge < -0.3 is 0 Å². The van der Waals surface area contributed by atoms with Gasteiger partial charge in [0.05, 0.1) is 0 Å². The van der Waals surface area contributed by atoms with Gasteiger partial charge in [0, 0.05) is 53.0 Å². The third kappa shape index (κ3) is 11.9. The van der Waals surface area contributed by atoms with Crippen molar-refractivity contribution in [3.05, 3.63) is 234 Å². The third-order valence-electron chi connectivity index (χ3n) is 21.5. The number of hydrogen-bond acceptors (Lipinski definition) is 0. The largest absolute Gasteiger partial charge is 0.212 e. The van der Waals surface area contributed by atoms with Crippen molar-refractivity contribution >= 4 is 0 Å². The Balaban J connectivity index is 0.000000119. The summed E-state index contributed by atoms with van der Waals surface area (Å²) >= 11 is 0. The van der Waals surface area contributed by atoms with Crippen LogP contribution in [0.4, 0.5) is 0 Å². The van der Waals surface area contributed by atoms with E-state index in [-0.39, 0.29) is 5.89 Å². The number of rotatable bonds is 9. The molecule has 426 valence electrons. The Morgan fingerprint density at radius 1 is 0.310 bits per heavy atom. The smallest absolute Gasteiger partial charge is 0.200 e. The fourth-order valence-corrected chi connectivity index (χ4v) is 16.6. The predicted octanol–water partition coefficient (Wildman–Crippen LogP) is 19.3. The lowest BCUT2D eigenvalue weighted by Crippen LogP contribution is -2.31. The molecule has 3 heterocycles. The molecular weight excluding hydrogens is 1010 g/mol. The van der Waals surface area contributed by atoms with Crippen LogP contribution in [0.25, 0.3) is 67.2 Å². The SMILES string of the molecule is Cc1ccccc1-c1ccc(-c2ccc(C3CC4CCC3CC4)cc2)c[n+]1C.Cc1ccccc1-c1ccc(-c2cccc(C3CC4CCC3CC4)c2)c[n+]1C.[2H]C1(c2ccc(-c3ccc(-c4ccccc4C)[n+](C)c3)cc2)CC2CCC1CC2. The van der Waals surface area contributed by atoms with Crippen LogP contribution in [0.2, 0.25) is 0 Å². The van der Waals surface area contributed by atoms with Gasteiger partial charge in [-0.15, -0.1) is 0 Å². The van der Waals surface area contributed by atoms with E-state index in [9.17, 15) is 1.37 Å². The molecule has 9 aliphatic rings. The molecule has 0 saturated heterocycles. The molecular formula is C81H90N3+3. The third-order valence-corrected chi connectivity index (χ3v) is 21.5. The summed E-state index contributed by atoms with van der Waals surface area (Å²) < 4.78 is 15.9. The van der Waals surface area contributed by atoms with E-state index in [1.165, 1.54) is 179 Å². The number of benzene rings is 6. The van der Waals surface area contributed by atoms with Gasteiger partial charge in [0.1, 0.15) is 21.1 Å². The summed E-state index contributed by atoms with van der Waals surface area (Å²) in [5.41, 5.74) is 23.6. The van der Waals surface area contributed by atoms with Crippen LogP contribution in [0.15, 0.2) is 201 Å². The molecule has 6 bridgehead atoms. The van der Waals surface area contributed by atoms with Crippen LogP contribution in [-0.2, 0) is 21.1 Å². The zero-order valence-electron chi connectivity index (χ0n) is 52.1. The number of nitrogens with zero attached hydrogens (tertiary/aromatic N) is 3. The Kier molecular flexibility index (Phi) is 16.1. The van der Waals surface area contributed by atoms with Crippen molar-refractivity contribution in [1.29, 1.82) is 0 Å². The van der Waals surface area contributed by atoms with Crippen LogP contribution in [-0.4, -0.2) is 0 Å². The van der Waals surface area contributed by atoms with Crippen LogP contribution < -0.4 is 13.7 Å². The molecule has 0 radical (unpaired) electrons. The second-order valence-electron chi connectivity index (χ2n) is 26.7. The Hall–Kier alpha value is -7.23. The summed E-state index contributed by atoms with van der Waals surface area (Å²) in [6.07, 6.45) is 27.5. The summed E-state index contributed by atoms with van der Waals surface area (Å²) in [5, 5.41) is 0. The molecule has 3 heteroatoms. The molecule has 18 rings (SSSR count). The first kappa shape index (κ1) is 54.7. The minimum absolute atomic E-state index is 0.362. The van der Waals surface area contributed by atoms with Gasteiger partial charge >= 0.3 is 0 Å². The van der Waals surface area contributed by atoms with E-state index >= 15 is 0 Å². The molecule has 0 aliphatic heterocycles. The Morgan fingerprint density at radius 3 is 1.04 bits per heavy atom. The molecule has 9 saturated carbocycles. The first-order chi connectivity index (χ1) is 41.4. The lowest BCUT2D eigenvalue weighted by atomic mass is 9.63. The highest BCUT2D eigenvalue weighted by molar-refractivity contribution is 5.69. The second kappa shape index (κ2) is 24.8. The number of aromatic nitrogens is 3. The molecule has 3 aromatic heterocycles. The molecule has 0 N–H and O–H groups in total. The fraction of sp³-hybridized carbons (Fsp3) is 0.370. The van der Waals surface area contributed by atoms with Crippen molar-refractivity contribution in [3.63, 3.8) is 0 Å². The number of fused-ring (bicyclic) bond motifs is 9. The maximum absolute atomic E-state index is 9.20. The minimum Gasteiger partial charge on any atom is -0.200 e. The molecule has 0 amide bonds. The molecule has 84 heavy (non-hydrogen) atoms. The van der Waals surface area contributed by atoms with E-state index in [1.807, 2.05) is 0 Å².